The fourth-order valence-corrected chi connectivity index (χ4v) is 2.04. The van der Waals surface area contributed by atoms with Gasteiger partial charge in [-0.15, -0.1) is 0 Å². The van der Waals surface area contributed by atoms with Gasteiger partial charge in [-0.25, -0.2) is 4.52 Å². The first-order valence-electron chi connectivity index (χ1n) is 5.48. The Kier molecular flexibility index (Phi) is 2.03. The molecule has 16 heavy (non-hydrogen) atoms. The standard InChI is InChI=1S/C13H13N3/c1-2-15-8-9-16-13(15)12(10-14-16)11-6-4-3-5-7-11/h3-10H,2H2,1H3. The molecule has 0 atom stereocenters. The molecule has 3 nitrogen and oxygen atoms in total. The van der Waals surface area contributed by atoms with Gasteiger partial charge in [0.1, 0.15) is 5.65 Å². The summed E-state index contributed by atoms with van der Waals surface area (Å²) < 4.78 is 4.13. The number of hydrogen-bond donors (Lipinski definition) is 0. The molecular formula is C13H13N3. The molecule has 0 saturated carbocycles. The molecule has 2 heterocycles. The normalized spacial score (nSPS) is 11.1. The van der Waals surface area contributed by atoms with Gasteiger partial charge >= 0.3 is 0 Å². The van der Waals surface area contributed by atoms with Crippen LogP contribution in [0.15, 0.2) is 48.9 Å². The van der Waals surface area contributed by atoms with Crippen LogP contribution in [0, 0.1) is 0 Å². The zero-order chi connectivity index (χ0) is 11.0. The molecule has 0 fully saturated rings. The third-order valence-electron chi connectivity index (χ3n) is 2.85. The van der Waals surface area contributed by atoms with Crippen LogP contribution < -0.4 is 0 Å². The van der Waals surface area contributed by atoms with Gasteiger partial charge in [0.05, 0.1) is 6.20 Å². The highest BCUT2D eigenvalue weighted by molar-refractivity contribution is 5.77. The second-order valence-corrected chi connectivity index (χ2v) is 3.78. The molecule has 3 heteroatoms. The zero-order valence-corrected chi connectivity index (χ0v) is 9.17. The van der Waals surface area contributed by atoms with E-state index >= 15 is 0 Å². The van der Waals surface area contributed by atoms with Gasteiger partial charge in [-0.05, 0) is 12.5 Å². The van der Waals surface area contributed by atoms with E-state index in [9.17, 15) is 0 Å². The van der Waals surface area contributed by atoms with Crippen molar-refractivity contribution < 1.29 is 0 Å². The molecule has 0 saturated heterocycles. The van der Waals surface area contributed by atoms with Gasteiger partial charge in [-0.3, -0.25) is 0 Å². The number of nitrogens with zero attached hydrogens (tertiary/aromatic N) is 3. The number of rotatable bonds is 2. The van der Waals surface area contributed by atoms with E-state index in [1.165, 1.54) is 11.1 Å². The number of imidazole rings is 1. The minimum Gasteiger partial charge on any atom is -0.331 e. The smallest absolute Gasteiger partial charge is 0.143 e. The molecule has 0 radical (unpaired) electrons. The Bertz CT molecular complexity index is 604. The van der Waals surface area contributed by atoms with E-state index in [4.69, 9.17) is 0 Å². The van der Waals surface area contributed by atoms with Gasteiger partial charge in [0, 0.05) is 24.5 Å². The van der Waals surface area contributed by atoms with E-state index in [-0.39, 0.29) is 0 Å². The lowest BCUT2D eigenvalue weighted by atomic mass is 10.1. The maximum Gasteiger partial charge on any atom is 0.143 e. The molecule has 80 valence electrons. The van der Waals surface area contributed by atoms with Gasteiger partial charge in [-0.2, -0.15) is 5.10 Å². The van der Waals surface area contributed by atoms with Crippen molar-refractivity contribution in [2.75, 3.05) is 0 Å². The summed E-state index contributed by atoms with van der Waals surface area (Å²) in [4.78, 5) is 0. The van der Waals surface area contributed by atoms with Gasteiger partial charge in [0.15, 0.2) is 0 Å². The molecule has 2 aromatic heterocycles. The Morgan fingerprint density at radius 1 is 1.12 bits per heavy atom. The molecule has 3 aromatic rings. The van der Waals surface area contributed by atoms with Gasteiger partial charge in [0.25, 0.3) is 0 Å². The summed E-state index contributed by atoms with van der Waals surface area (Å²) >= 11 is 0. The molecule has 0 aliphatic heterocycles. The second-order valence-electron chi connectivity index (χ2n) is 3.78. The SMILES string of the molecule is CCn1ccn2ncc(-c3ccccc3)c12. The van der Waals surface area contributed by atoms with Crippen LogP contribution in [0.3, 0.4) is 0 Å². The molecule has 0 N–H and O–H groups in total. The predicted octanol–water partition coefficient (Wildman–Crippen LogP) is 2.82. The van der Waals surface area contributed by atoms with Crippen LogP contribution in [0.25, 0.3) is 16.8 Å². The maximum absolute atomic E-state index is 4.36. The summed E-state index contributed by atoms with van der Waals surface area (Å²) in [6, 6.07) is 10.4. The zero-order valence-electron chi connectivity index (χ0n) is 9.17. The van der Waals surface area contributed by atoms with Crippen LogP contribution >= 0.6 is 0 Å². The van der Waals surface area contributed by atoms with Crippen LogP contribution in [0.5, 0.6) is 0 Å². The third kappa shape index (κ3) is 1.25. The molecule has 0 unspecified atom stereocenters. The Hall–Kier alpha value is -2.03. The van der Waals surface area contributed by atoms with E-state index in [0.29, 0.717) is 0 Å². The molecule has 0 aliphatic rings. The van der Waals surface area contributed by atoms with Crippen LogP contribution in [-0.2, 0) is 6.54 Å². The first kappa shape index (κ1) is 9.21. The number of fused-ring (bicyclic) bond motifs is 1. The Morgan fingerprint density at radius 3 is 2.69 bits per heavy atom. The summed E-state index contributed by atoms with van der Waals surface area (Å²) in [5, 5.41) is 4.36. The monoisotopic (exact) mass is 211 g/mol. The number of aryl methyl sites for hydroxylation is 1. The van der Waals surface area contributed by atoms with E-state index < -0.39 is 0 Å². The molecular weight excluding hydrogens is 198 g/mol. The van der Waals surface area contributed by atoms with E-state index in [1.807, 2.05) is 23.0 Å². The number of hydrogen-bond acceptors (Lipinski definition) is 1. The molecule has 0 aliphatic carbocycles. The summed E-state index contributed by atoms with van der Waals surface area (Å²) in [6.45, 7) is 3.10. The summed E-state index contributed by atoms with van der Waals surface area (Å²) in [5.41, 5.74) is 3.56. The van der Waals surface area contributed by atoms with Crippen molar-refractivity contribution in [1.82, 2.24) is 14.2 Å². The van der Waals surface area contributed by atoms with Crippen LogP contribution in [0.1, 0.15) is 6.92 Å². The topological polar surface area (TPSA) is 22.2 Å². The van der Waals surface area contributed by atoms with Gasteiger partial charge in [0.2, 0.25) is 0 Å². The minimum absolute atomic E-state index is 0.960. The highest BCUT2D eigenvalue weighted by atomic mass is 15.3. The quantitative estimate of drug-likeness (QED) is 0.639. The largest absolute Gasteiger partial charge is 0.331 e. The lowest BCUT2D eigenvalue weighted by Gasteiger charge is -2.01. The molecule has 0 bridgehead atoms. The van der Waals surface area contributed by atoms with Crippen LogP contribution in [0.4, 0.5) is 0 Å². The van der Waals surface area contributed by atoms with Gasteiger partial charge < -0.3 is 4.57 Å². The number of aromatic nitrogens is 3. The second kappa shape index (κ2) is 3.52. The third-order valence-corrected chi connectivity index (χ3v) is 2.85. The first-order chi connectivity index (χ1) is 7.90. The summed E-state index contributed by atoms with van der Waals surface area (Å²) in [7, 11) is 0. The van der Waals surface area contributed by atoms with Crippen LogP contribution in [-0.4, -0.2) is 14.2 Å². The van der Waals surface area contributed by atoms with Crippen molar-refractivity contribution in [3.8, 4) is 11.1 Å². The van der Waals surface area contributed by atoms with E-state index in [0.717, 1.165) is 12.2 Å². The average molecular weight is 211 g/mol. The van der Waals surface area contributed by atoms with Gasteiger partial charge in [-0.1, -0.05) is 30.3 Å². The highest BCUT2D eigenvalue weighted by Crippen LogP contribution is 2.24. The lowest BCUT2D eigenvalue weighted by molar-refractivity contribution is 0.789. The molecule has 1 aromatic carbocycles. The Balaban J connectivity index is 2.28. The maximum atomic E-state index is 4.36. The lowest BCUT2D eigenvalue weighted by Crippen LogP contribution is -1.93. The highest BCUT2D eigenvalue weighted by Gasteiger charge is 2.09. The van der Waals surface area contributed by atoms with Crippen LogP contribution in [0.2, 0.25) is 0 Å². The summed E-state index contributed by atoms with van der Waals surface area (Å²) in [5.74, 6) is 0. The fraction of sp³-hybridized carbons (Fsp3) is 0.154. The first-order valence-corrected chi connectivity index (χ1v) is 5.48. The predicted molar refractivity (Wildman–Crippen MR) is 64.3 cm³/mol. The minimum atomic E-state index is 0.960. The Morgan fingerprint density at radius 2 is 1.94 bits per heavy atom. The van der Waals surface area contributed by atoms with Crippen molar-refractivity contribution in [3.05, 3.63) is 48.9 Å². The number of benzene rings is 1. The van der Waals surface area contributed by atoms with Crippen molar-refractivity contribution in [1.29, 1.82) is 0 Å². The van der Waals surface area contributed by atoms with E-state index in [2.05, 4.69) is 47.1 Å². The van der Waals surface area contributed by atoms with Crippen molar-refractivity contribution in [3.63, 3.8) is 0 Å². The van der Waals surface area contributed by atoms with Crippen molar-refractivity contribution in [2.45, 2.75) is 13.5 Å². The molecule has 3 rings (SSSR count). The fourth-order valence-electron chi connectivity index (χ4n) is 2.04. The van der Waals surface area contributed by atoms with E-state index in [1.54, 1.807) is 0 Å². The average Bonchev–Trinajstić information content (AvgIpc) is 2.90. The molecule has 0 spiro atoms. The van der Waals surface area contributed by atoms with Crippen molar-refractivity contribution >= 4 is 5.65 Å². The van der Waals surface area contributed by atoms with Crippen molar-refractivity contribution in [2.24, 2.45) is 0 Å². The summed E-state index contributed by atoms with van der Waals surface area (Å²) in [6.07, 6.45) is 5.98. The Labute approximate surface area is 93.9 Å². The molecule has 0 amide bonds.